The van der Waals surface area contributed by atoms with E-state index in [2.05, 4.69) is 18.7 Å². The van der Waals surface area contributed by atoms with E-state index < -0.39 is 0 Å². The van der Waals surface area contributed by atoms with Gasteiger partial charge < -0.3 is 19.1 Å². The molecule has 2 aliphatic heterocycles. The summed E-state index contributed by atoms with van der Waals surface area (Å²) in [5, 5.41) is 0. The Bertz CT molecular complexity index is 636. The molecule has 1 amide bonds. The third-order valence-electron chi connectivity index (χ3n) is 5.44. The van der Waals surface area contributed by atoms with Crippen LogP contribution in [0.2, 0.25) is 0 Å². The molecule has 0 spiro atoms. The highest BCUT2D eigenvalue weighted by Gasteiger charge is 2.34. The van der Waals surface area contributed by atoms with Gasteiger partial charge >= 0.3 is 0 Å². The van der Waals surface area contributed by atoms with E-state index in [0.29, 0.717) is 13.2 Å². The molecule has 26 heavy (non-hydrogen) atoms. The van der Waals surface area contributed by atoms with E-state index in [9.17, 15) is 4.79 Å². The van der Waals surface area contributed by atoms with Crippen LogP contribution >= 0.6 is 0 Å². The second-order valence-electron chi connectivity index (χ2n) is 7.28. The number of morpholine rings is 1. The second-order valence-corrected chi connectivity index (χ2v) is 7.28. The van der Waals surface area contributed by atoms with Crippen molar-refractivity contribution in [1.29, 1.82) is 0 Å². The number of ether oxygens (including phenoxy) is 3. The van der Waals surface area contributed by atoms with Crippen LogP contribution in [-0.2, 0) is 9.53 Å². The van der Waals surface area contributed by atoms with Crippen LogP contribution in [0, 0.1) is 0 Å². The van der Waals surface area contributed by atoms with Crippen LogP contribution < -0.4 is 9.47 Å². The molecule has 3 rings (SSSR count). The Balaban J connectivity index is 1.76. The standard InChI is InChI=1S/C20H30N2O4/c1-14-13-26-15(2)11-21(14)12-20(23)22-9-5-6-18(22)17-10-16(24-3)7-8-19(17)25-4/h7-8,10,14-15,18H,5-6,9,11-13H2,1-4H3. The minimum atomic E-state index is 0.0429. The van der Waals surface area contributed by atoms with Gasteiger partial charge in [0.05, 0.1) is 39.5 Å². The number of carbonyl (C=O) groups excluding carboxylic acids is 1. The van der Waals surface area contributed by atoms with E-state index in [1.54, 1.807) is 14.2 Å². The van der Waals surface area contributed by atoms with E-state index in [4.69, 9.17) is 14.2 Å². The lowest BCUT2D eigenvalue weighted by Crippen LogP contribution is -2.51. The monoisotopic (exact) mass is 362 g/mol. The highest BCUT2D eigenvalue weighted by Crippen LogP contribution is 2.39. The Morgan fingerprint density at radius 1 is 1.27 bits per heavy atom. The highest BCUT2D eigenvalue weighted by molar-refractivity contribution is 5.79. The fourth-order valence-corrected chi connectivity index (χ4v) is 3.95. The van der Waals surface area contributed by atoms with Gasteiger partial charge in [-0.1, -0.05) is 0 Å². The number of rotatable bonds is 5. The van der Waals surface area contributed by atoms with E-state index in [1.165, 1.54) is 0 Å². The number of methoxy groups -OCH3 is 2. The van der Waals surface area contributed by atoms with Crippen molar-refractivity contribution < 1.29 is 19.0 Å². The van der Waals surface area contributed by atoms with Gasteiger partial charge in [-0.15, -0.1) is 0 Å². The molecule has 6 nitrogen and oxygen atoms in total. The molecule has 1 aromatic rings. The molecular weight excluding hydrogens is 332 g/mol. The Kier molecular flexibility index (Phi) is 6.04. The number of nitrogens with zero attached hydrogens (tertiary/aromatic N) is 2. The van der Waals surface area contributed by atoms with Crippen molar-refractivity contribution >= 4 is 5.91 Å². The topological polar surface area (TPSA) is 51.2 Å². The van der Waals surface area contributed by atoms with Gasteiger partial charge in [0.15, 0.2) is 0 Å². The summed E-state index contributed by atoms with van der Waals surface area (Å²) < 4.78 is 16.6. The molecular formula is C20H30N2O4. The predicted molar refractivity (Wildman–Crippen MR) is 99.7 cm³/mol. The average Bonchev–Trinajstić information content (AvgIpc) is 3.14. The number of hydrogen-bond donors (Lipinski definition) is 0. The van der Waals surface area contributed by atoms with Crippen LogP contribution in [0.3, 0.4) is 0 Å². The molecule has 3 unspecified atom stereocenters. The summed E-state index contributed by atoms with van der Waals surface area (Å²) in [6.45, 7) is 6.89. The maximum atomic E-state index is 13.1. The summed E-state index contributed by atoms with van der Waals surface area (Å²) in [6.07, 6.45) is 2.13. The first-order chi connectivity index (χ1) is 12.5. The Morgan fingerprint density at radius 3 is 2.81 bits per heavy atom. The molecule has 0 saturated carbocycles. The Morgan fingerprint density at radius 2 is 2.08 bits per heavy atom. The molecule has 0 bridgehead atoms. The summed E-state index contributed by atoms with van der Waals surface area (Å²) in [5.74, 6) is 1.78. The first-order valence-electron chi connectivity index (χ1n) is 9.40. The summed E-state index contributed by atoms with van der Waals surface area (Å²) in [6, 6.07) is 6.11. The van der Waals surface area contributed by atoms with Gasteiger partial charge in [0.1, 0.15) is 11.5 Å². The lowest BCUT2D eigenvalue weighted by atomic mass is 10.0. The van der Waals surface area contributed by atoms with Crippen LogP contribution in [0.4, 0.5) is 0 Å². The fraction of sp³-hybridized carbons (Fsp3) is 0.650. The lowest BCUT2D eigenvalue weighted by molar-refractivity contribution is -0.136. The van der Waals surface area contributed by atoms with Crippen molar-refractivity contribution in [3.63, 3.8) is 0 Å². The van der Waals surface area contributed by atoms with Gasteiger partial charge in [-0.2, -0.15) is 0 Å². The van der Waals surface area contributed by atoms with Crippen LogP contribution in [0.15, 0.2) is 18.2 Å². The quantitative estimate of drug-likeness (QED) is 0.805. The number of carbonyl (C=O) groups is 1. The molecule has 144 valence electrons. The molecule has 2 fully saturated rings. The molecule has 2 aliphatic rings. The molecule has 0 aromatic heterocycles. The van der Waals surface area contributed by atoms with E-state index in [0.717, 1.165) is 43.0 Å². The predicted octanol–water partition coefficient (Wildman–Crippen LogP) is 2.48. The zero-order valence-electron chi connectivity index (χ0n) is 16.2. The zero-order valence-corrected chi connectivity index (χ0v) is 16.2. The minimum absolute atomic E-state index is 0.0429. The summed E-state index contributed by atoms with van der Waals surface area (Å²) >= 11 is 0. The van der Waals surface area contributed by atoms with Crippen molar-refractivity contribution in [3.05, 3.63) is 23.8 Å². The Hall–Kier alpha value is -1.79. The maximum absolute atomic E-state index is 13.1. The van der Waals surface area contributed by atoms with Crippen LogP contribution in [0.1, 0.15) is 38.3 Å². The van der Waals surface area contributed by atoms with Crippen molar-refractivity contribution in [3.8, 4) is 11.5 Å². The van der Waals surface area contributed by atoms with Gasteiger partial charge in [0, 0.05) is 24.7 Å². The molecule has 2 saturated heterocycles. The molecule has 3 atom stereocenters. The van der Waals surface area contributed by atoms with Crippen LogP contribution in [0.25, 0.3) is 0 Å². The smallest absolute Gasteiger partial charge is 0.237 e. The van der Waals surface area contributed by atoms with E-state index >= 15 is 0 Å². The van der Waals surface area contributed by atoms with Gasteiger partial charge in [0.2, 0.25) is 5.91 Å². The first-order valence-corrected chi connectivity index (χ1v) is 9.40. The summed E-state index contributed by atoms with van der Waals surface area (Å²) in [5.41, 5.74) is 1.03. The summed E-state index contributed by atoms with van der Waals surface area (Å²) in [4.78, 5) is 17.3. The maximum Gasteiger partial charge on any atom is 0.237 e. The molecule has 0 aliphatic carbocycles. The SMILES string of the molecule is COc1ccc(OC)c(C2CCCN2C(=O)CN2CC(C)OCC2C)c1. The number of benzene rings is 1. The third kappa shape index (κ3) is 3.96. The molecule has 2 heterocycles. The largest absolute Gasteiger partial charge is 0.497 e. The van der Waals surface area contributed by atoms with E-state index in [1.807, 2.05) is 23.1 Å². The first kappa shape index (κ1) is 19.0. The molecule has 0 radical (unpaired) electrons. The van der Waals surface area contributed by atoms with Crippen LogP contribution in [0.5, 0.6) is 11.5 Å². The number of likely N-dealkylation sites (tertiary alicyclic amines) is 1. The lowest BCUT2D eigenvalue weighted by Gasteiger charge is -2.37. The molecule has 1 aromatic carbocycles. The number of hydrogen-bond acceptors (Lipinski definition) is 5. The van der Waals surface area contributed by atoms with E-state index in [-0.39, 0.29) is 24.1 Å². The van der Waals surface area contributed by atoms with Crippen LogP contribution in [-0.4, -0.2) is 68.3 Å². The molecule has 6 heteroatoms. The average molecular weight is 362 g/mol. The van der Waals surface area contributed by atoms with Crippen molar-refractivity contribution in [2.75, 3.05) is 40.5 Å². The normalized spacial score (nSPS) is 26.8. The van der Waals surface area contributed by atoms with Crippen molar-refractivity contribution in [2.45, 2.75) is 44.9 Å². The third-order valence-corrected chi connectivity index (χ3v) is 5.44. The van der Waals surface area contributed by atoms with Gasteiger partial charge in [-0.3, -0.25) is 9.69 Å². The van der Waals surface area contributed by atoms with Gasteiger partial charge in [-0.05, 0) is 44.9 Å². The highest BCUT2D eigenvalue weighted by atomic mass is 16.5. The van der Waals surface area contributed by atoms with Gasteiger partial charge in [0.25, 0.3) is 0 Å². The summed E-state index contributed by atoms with van der Waals surface area (Å²) in [7, 11) is 3.33. The molecule has 0 N–H and O–H groups in total. The second kappa shape index (κ2) is 8.27. The fourth-order valence-electron chi connectivity index (χ4n) is 3.95. The van der Waals surface area contributed by atoms with Crippen molar-refractivity contribution in [2.24, 2.45) is 0 Å². The van der Waals surface area contributed by atoms with Gasteiger partial charge in [-0.25, -0.2) is 0 Å². The number of amides is 1. The Labute approximate surface area is 156 Å². The zero-order chi connectivity index (χ0) is 18.7. The minimum Gasteiger partial charge on any atom is -0.497 e. The van der Waals surface area contributed by atoms with Crippen molar-refractivity contribution in [1.82, 2.24) is 9.80 Å².